The molecular weight excluding hydrogens is 354 g/mol. The number of hydrogen-bond acceptors (Lipinski definition) is 3. The summed E-state index contributed by atoms with van der Waals surface area (Å²) in [4.78, 5) is 26.8. The standard InChI is InChI=1S/C23H27NO4/c1-23(2,13-17-11-7-8-12-20(17)28-3)22(27)24-14-18(19(15-24)21(25)26)16-9-5-4-6-10-16/h4-12,18-19H,13-15H2,1-3H3,(H,25,26)/t18-,19-/m0/s1. The van der Waals surface area contributed by atoms with E-state index in [1.165, 1.54) is 0 Å². The number of aliphatic carboxylic acids is 1. The fourth-order valence-corrected chi connectivity index (χ4v) is 4.09. The van der Waals surface area contributed by atoms with Gasteiger partial charge in [0.05, 0.1) is 13.0 Å². The number of para-hydroxylation sites is 1. The third kappa shape index (κ3) is 4.03. The molecule has 1 saturated heterocycles. The number of hydrogen-bond donors (Lipinski definition) is 1. The van der Waals surface area contributed by atoms with Gasteiger partial charge in [-0.3, -0.25) is 9.59 Å². The zero-order chi connectivity index (χ0) is 20.3. The van der Waals surface area contributed by atoms with Gasteiger partial charge in [0, 0.05) is 24.4 Å². The fourth-order valence-electron chi connectivity index (χ4n) is 4.09. The van der Waals surface area contributed by atoms with E-state index in [0.717, 1.165) is 16.9 Å². The van der Waals surface area contributed by atoms with Crippen LogP contribution in [-0.2, 0) is 16.0 Å². The van der Waals surface area contributed by atoms with Crippen molar-refractivity contribution in [3.8, 4) is 5.75 Å². The Kier molecular flexibility index (Phi) is 5.73. The second-order valence-corrected chi connectivity index (χ2v) is 8.04. The zero-order valence-electron chi connectivity index (χ0n) is 16.6. The van der Waals surface area contributed by atoms with Crippen molar-refractivity contribution in [1.82, 2.24) is 4.90 Å². The highest BCUT2D eigenvalue weighted by molar-refractivity contribution is 5.84. The van der Waals surface area contributed by atoms with E-state index in [4.69, 9.17) is 4.74 Å². The lowest BCUT2D eigenvalue weighted by Gasteiger charge is -2.30. The number of rotatable bonds is 6. The van der Waals surface area contributed by atoms with Crippen LogP contribution in [-0.4, -0.2) is 42.1 Å². The van der Waals surface area contributed by atoms with Gasteiger partial charge in [0.1, 0.15) is 5.75 Å². The van der Waals surface area contributed by atoms with E-state index < -0.39 is 17.3 Å². The molecular formula is C23H27NO4. The molecule has 1 aliphatic heterocycles. The van der Waals surface area contributed by atoms with Crippen LogP contribution >= 0.6 is 0 Å². The Bertz CT molecular complexity index is 847. The molecule has 0 spiro atoms. The van der Waals surface area contributed by atoms with Crippen molar-refractivity contribution in [2.75, 3.05) is 20.2 Å². The molecule has 28 heavy (non-hydrogen) atoms. The Labute approximate surface area is 165 Å². The first kappa shape index (κ1) is 19.9. The summed E-state index contributed by atoms with van der Waals surface area (Å²) in [6.07, 6.45) is 0.528. The van der Waals surface area contributed by atoms with E-state index in [1.807, 2.05) is 68.4 Å². The third-order valence-electron chi connectivity index (χ3n) is 5.56. The Balaban J connectivity index is 1.80. The first-order valence-corrected chi connectivity index (χ1v) is 9.52. The molecule has 0 bridgehead atoms. The minimum absolute atomic E-state index is 0.0249. The van der Waals surface area contributed by atoms with Crippen LogP contribution in [0.15, 0.2) is 54.6 Å². The molecule has 1 aliphatic rings. The minimum atomic E-state index is -0.855. The maximum atomic E-state index is 13.3. The van der Waals surface area contributed by atoms with Gasteiger partial charge in [0.15, 0.2) is 0 Å². The normalized spacial score (nSPS) is 19.5. The monoisotopic (exact) mass is 381 g/mol. The fraction of sp³-hybridized carbons (Fsp3) is 0.391. The highest BCUT2D eigenvalue weighted by atomic mass is 16.5. The van der Waals surface area contributed by atoms with E-state index in [9.17, 15) is 14.7 Å². The SMILES string of the molecule is COc1ccccc1CC(C)(C)C(=O)N1C[C@H](C(=O)O)[C@H](c2ccccc2)C1. The molecule has 3 rings (SSSR count). The molecule has 0 radical (unpaired) electrons. The number of methoxy groups -OCH3 is 1. The van der Waals surface area contributed by atoms with Crippen molar-refractivity contribution in [1.29, 1.82) is 0 Å². The van der Waals surface area contributed by atoms with Gasteiger partial charge >= 0.3 is 5.97 Å². The Hall–Kier alpha value is -2.82. The van der Waals surface area contributed by atoms with Crippen molar-refractivity contribution >= 4 is 11.9 Å². The highest BCUT2D eigenvalue weighted by Gasteiger charge is 2.44. The summed E-state index contributed by atoms with van der Waals surface area (Å²) in [5.74, 6) is -0.900. The van der Waals surface area contributed by atoms with Crippen LogP contribution in [0.5, 0.6) is 5.75 Å². The van der Waals surface area contributed by atoms with Gasteiger partial charge in [0.25, 0.3) is 0 Å². The molecule has 0 aliphatic carbocycles. The second-order valence-electron chi connectivity index (χ2n) is 8.04. The molecule has 1 N–H and O–H groups in total. The number of benzene rings is 2. The quantitative estimate of drug-likeness (QED) is 0.830. The lowest BCUT2D eigenvalue weighted by Crippen LogP contribution is -2.41. The first-order valence-electron chi connectivity index (χ1n) is 9.52. The number of ether oxygens (including phenoxy) is 1. The average molecular weight is 381 g/mol. The average Bonchev–Trinajstić information content (AvgIpc) is 3.14. The summed E-state index contributed by atoms with van der Waals surface area (Å²) < 4.78 is 5.42. The van der Waals surface area contributed by atoms with Crippen LogP contribution in [0, 0.1) is 11.3 Å². The van der Waals surface area contributed by atoms with Crippen molar-refractivity contribution in [3.63, 3.8) is 0 Å². The maximum absolute atomic E-state index is 13.3. The molecule has 0 saturated carbocycles. The summed E-state index contributed by atoms with van der Waals surface area (Å²) in [6, 6.07) is 17.3. The van der Waals surface area contributed by atoms with Crippen LogP contribution in [0.25, 0.3) is 0 Å². The molecule has 0 aromatic heterocycles. The number of likely N-dealkylation sites (tertiary alicyclic amines) is 1. The Morgan fingerprint density at radius 1 is 1.07 bits per heavy atom. The number of carbonyl (C=O) groups excluding carboxylic acids is 1. The predicted octanol–water partition coefficient (Wildman–Crippen LogP) is 3.59. The molecule has 148 valence electrons. The van der Waals surface area contributed by atoms with E-state index in [1.54, 1.807) is 12.0 Å². The van der Waals surface area contributed by atoms with Crippen LogP contribution in [0.1, 0.15) is 30.9 Å². The van der Waals surface area contributed by atoms with Gasteiger partial charge in [-0.1, -0.05) is 62.4 Å². The summed E-state index contributed by atoms with van der Waals surface area (Å²) in [5, 5.41) is 9.70. The van der Waals surface area contributed by atoms with Crippen molar-refractivity contribution < 1.29 is 19.4 Å². The third-order valence-corrected chi connectivity index (χ3v) is 5.56. The van der Waals surface area contributed by atoms with Crippen molar-refractivity contribution in [3.05, 3.63) is 65.7 Å². The number of carbonyl (C=O) groups is 2. The number of nitrogens with zero attached hydrogens (tertiary/aromatic N) is 1. The summed E-state index contributed by atoms with van der Waals surface area (Å²) in [5.41, 5.74) is 1.27. The molecule has 2 aromatic carbocycles. The zero-order valence-corrected chi connectivity index (χ0v) is 16.6. The van der Waals surface area contributed by atoms with Crippen LogP contribution in [0.3, 0.4) is 0 Å². The van der Waals surface area contributed by atoms with E-state index in [0.29, 0.717) is 13.0 Å². The van der Waals surface area contributed by atoms with Crippen molar-refractivity contribution in [2.45, 2.75) is 26.2 Å². The van der Waals surface area contributed by atoms with Crippen LogP contribution in [0.4, 0.5) is 0 Å². The maximum Gasteiger partial charge on any atom is 0.308 e. The molecule has 0 unspecified atom stereocenters. The van der Waals surface area contributed by atoms with Gasteiger partial charge in [-0.15, -0.1) is 0 Å². The Morgan fingerprint density at radius 2 is 1.71 bits per heavy atom. The van der Waals surface area contributed by atoms with E-state index in [-0.39, 0.29) is 18.4 Å². The molecule has 1 heterocycles. The topological polar surface area (TPSA) is 66.8 Å². The molecule has 1 amide bonds. The molecule has 5 heteroatoms. The number of carboxylic acids is 1. The lowest BCUT2D eigenvalue weighted by molar-refractivity contribution is -0.142. The van der Waals surface area contributed by atoms with E-state index in [2.05, 4.69) is 0 Å². The highest BCUT2D eigenvalue weighted by Crippen LogP contribution is 2.37. The summed E-state index contributed by atoms with van der Waals surface area (Å²) in [7, 11) is 1.62. The summed E-state index contributed by atoms with van der Waals surface area (Å²) in [6.45, 7) is 4.49. The van der Waals surface area contributed by atoms with Gasteiger partial charge in [0.2, 0.25) is 5.91 Å². The first-order chi connectivity index (χ1) is 13.3. The summed E-state index contributed by atoms with van der Waals surface area (Å²) >= 11 is 0. The molecule has 5 nitrogen and oxygen atoms in total. The number of carboxylic acid groups (broad SMARTS) is 1. The molecule has 1 fully saturated rings. The van der Waals surface area contributed by atoms with Gasteiger partial charge in [-0.25, -0.2) is 0 Å². The van der Waals surface area contributed by atoms with Gasteiger partial charge in [-0.05, 0) is 23.6 Å². The van der Waals surface area contributed by atoms with Gasteiger partial charge < -0.3 is 14.7 Å². The molecule has 2 atom stereocenters. The van der Waals surface area contributed by atoms with Gasteiger partial charge in [-0.2, -0.15) is 0 Å². The minimum Gasteiger partial charge on any atom is -0.496 e. The predicted molar refractivity (Wildman–Crippen MR) is 107 cm³/mol. The Morgan fingerprint density at radius 3 is 2.36 bits per heavy atom. The molecule has 2 aromatic rings. The lowest BCUT2D eigenvalue weighted by atomic mass is 9.84. The van der Waals surface area contributed by atoms with Crippen LogP contribution < -0.4 is 4.74 Å². The van der Waals surface area contributed by atoms with Crippen molar-refractivity contribution in [2.24, 2.45) is 11.3 Å². The number of amides is 1. The smallest absolute Gasteiger partial charge is 0.308 e. The second kappa shape index (κ2) is 8.05. The largest absolute Gasteiger partial charge is 0.496 e. The van der Waals surface area contributed by atoms with Crippen LogP contribution in [0.2, 0.25) is 0 Å². The van der Waals surface area contributed by atoms with E-state index >= 15 is 0 Å².